The number of nitrogens with one attached hydrogen (secondary N) is 2. The first-order valence-electron chi connectivity index (χ1n) is 7.66. The minimum Gasteiger partial charge on any atom is -0.373 e. The first kappa shape index (κ1) is 16.4. The molecule has 1 spiro atoms. The minimum atomic E-state index is -3.74. The fourth-order valence-corrected chi connectivity index (χ4v) is 3.75. The van der Waals surface area contributed by atoms with E-state index in [-0.39, 0.29) is 22.4 Å². The van der Waals surface area contributed by atoms with Gasteiger partial charge in [0.1, 0.15) is 0 Å². The molecule has 2 saturated heterocycles. The Bertz CT molecular complexity index is 681. The molecule has 2 fully saturated rings. The molecular weight excluding hydrogens is 318 g/mol. The summed E-state index contributed by atoms with van der Waals surface area (Å²) in [5.74, 6) is -0.231. The lowest BCUT2D eigenvalue weighted by atomic mass is 9.88. The molecule has 0 bridgehead atoms. The third-order valence-electron chi connectivity index (χ3n) is 4.50. The van der Waals surface area contributed by atoms with E-state index in [1.165, 1.54) is 24.3 Å². The van der Waals surface area contributed by atoms with Gasteiger partial charge in [0, 0.05) is 5.56 Å². The van der Waals surface area contributed by atoms with Gasteiger partial charge in [-0.05, 0) is 56.6 Å². The summed E-state index contributed by atoms with van der Waals surface area (Å²) >= 11 is 0. The van der Waals surface area contributed by atoms with Gasteiger partial charge in [-0.15, -0.1) is 0 Å². The van der Waals surface area contributed by atoms with Crippen molar-refractivity contribution in [2.24, 2.45) is 5.14 Å². The Hall–Kier alpha value is -1.48. The number of primary sulfonamides is 1. The van der Waals surface area contributed by atoms with Gasteiger partial charge >= 0.3 is 0 Å². The van der Waals surface area contributed by atoms with Crippen LogP contribution in [0.1, 0.15) is 29.6 Å². The van der Waals surface area contributed by atoms with Crippen LogP contribution in [0, 0.1) is 0 Å². The standard InChI is InChI=1S/C15H21N3O4S/c16-23(20,21)13-3-1-11(2-4-13)14(19)18-12-9-15(22-10-12)5-7-17-8-6-15/h1-4,12,17H,5-10H2,(H,18,19)(H2,16,20,21). The van der Waals surface area contributed by atoms with Crippen LogP contribution in [-0.2, 0) is 14.8 Å². The quantitative estimate of drug-likeness (QED) is 0.716. The second-order valence-electron chi connectivity index (χ2n) is 6.19. The Morgan fingerprint density at radius 2 is 1.91 bits per heavy atom. The van der Waals surface area contributed by atoms with Gasteiger partial charge in [-0.1, -0.05) is 0 Å². The van der Waals surface area contributed by atoms with Crippen molar-refractivity contribution in [3.8, 4) is 0 Å². The van der Waals surface area contributed by atoms with Gasteiger partial charge in [-0.25, -0.2) is 13.6 Å². The van der Waals surface area contributed by atoms with Crippen molar-refractivity contribution < 1.29 is 17.9 Å². The number of nitrogens with two attached hydrogens (primary N) is 1. The predicted octanol–water partition coefficient (Wildman–Crippen LogP) is -0.0251. The summed E-state index contributed by atoms with van der Waals surface area (Å²) in [4.78, 5) is 12.3. The third kappa shape index (κ3) is 3.72. The second kappa shape index (κ2) is 6.20. The maximum Gasteiger partial charge on any atom is 0.251 e. The van der Waals surface area contributed by atoms with Gasteiger partial charge in [0.05, 0.1) is 23.1 Å². The average Bonchev–Trinajstić information content (AvgIpc) is 2.89. The molecule has 1 aromatic rings. The van der Waals surface area contributed by atoms with Gasteiger partial charge in [0.25, 0.3) is 5.91 Å². The summed E-state index contributed by atoms with van der Waals surface area (Å²) in [6.45, 7) is 2.40. The molecule has 2 aliphatic heterocycles. The molecule has 0 saturated carbocycles. The van der Waals surface area contributed by atoms with Crippen molar-refractivity contribution in [1.82, 2.24) is 10.6 Å². The van der Waals surface area contributed by atoms with Gasteiger partial charge in [-0.3, -0.25) is 4.79 Å². The molecule has 126 valence electrons. The molecule has 3 rings (SSSR count). The maximum atomic E-state index is 12.3. The van der Waals surface area contributed by atoms with Crippen LogP contribution in [0.3, 0.4) is 0 Å². The predicted molar refractivity (Wildman–Crippen MR) is 84.5 cm³/mol. The molecular formula is C15H21N3O4S. The zero-order valence-corrected chi connectivity index (χ0v) is 13.6. The van der Waals surface area contributed by atoms with Crippen molar-refractivity contribution in [2.45, 2.75) is 35.8 Å². The Kier molecular flexibility index (Phi) is 4.41. The number of piperidine rings is 1. The van der Waals surface area contributed by atoms with Gasteiger partial charge < -0.3 is 15.4 Å². The van der Waals surface area contributed by atoms with E-state index >= 15 is 0 Å². The Balaban J connectivity index is 1.61. The van der Waals surface area contributed by atoms with Crippen molar-refractivity contribution in [1.29, 1.82) is 0 Å². The van der Waals surface area contributed by atoms with E-state index in [2.05, 4.69) is 10.6 Å². The molecule has 7 nitrogen and oxygen atoms in total. The van der Waals surface area contributed by atoms with Gasteiger partial charge in [0.15, 0.2) is 0 Å². The van der Waals surface area contributed by atoms with Gasteiger partial charge in [-0.2, -0.15) is 0 Å². The summed E-state index contributed by atoms with van der Waals surface area (Å²) < 4.78 is 28.4. The fourth-order valence-electron chi connectivity index (χ4n) is 3.23. The summed E-state index contributed by atoms with van der Waals surface area (Å²) in [6, 6.07) is 5.59. The highest BCUT2D eigenvalue weighted by Gasteiger charge is 2.41. The van der Waals surface area contributed by atoms with Gasteiger partial charge in [0.2, 0.25) is 10.0 Å². The molecule has 2 aliphatic rings. The Labute approximate surface area is 135 Å². The average molecular weight is 339 g/mol. The van der Waals surface area contributed by atoms with Crippen LogP contribution < -0.4 is 15.8 Å². The Morgan fingerprint density at radius 1 is 1.26 bits per heavy atom. The molecule has 0 radical (unpaired) electrons. The molecule has 1 amide bonds. The zero-order valence-electron chi connectivity index (χ0n) is 12.7. The first-order chi connectivity index (χ1) is 10.9. The van der Waals surface area contributed by atoms with E-state index in [4.69, 9.17) is 9.88 Å². The number of ether oxygens (including phenoxy) is 1. The SMILES string of the molecule is NS(=O)(=O)c1ccc(C(=O)NC2COC3(CCNCC3)C2)cc1. The molecule has 23 heavy (non-hydrogen) atoms. The van der Waals surface area contributed by atoms with Crippen LogP contribution in [0.25, 0.3) is 0 Å². The van der Waals surface area contributed by atoms with Crippen molar-refractivity contribution >= 4 is 15.9 Å². The van der Waals surface area contributed by atoms with Crippen LogP contribution >= 0.6 is 0 Å². The molecule has 1 atom stereocenters. The summed E-state index contributed by atoms with van der Waals surface area (Å²) in [7, 11) is -3.74. The maximum absolute atomic E-state index is 12.3. The van der Waals surface area contributed by atoms with Crippen molar-refractivity contribution in [2.75, 3.05) is 19.7 Å². The molecule has 8 heteroatoms. The van der Waals surface area contributed by atoms with Crippen molar-refractivity contribution in [3.63, 3.8) is 0 Å². The number of amides is 1. The third-order valence-corrected chi connectivity index (χ3v) is 5.43. The summed E-state index contributed by atoms with van der Waals surface area (Å²) in [6.07, 6.45) is 2.74. The molecule has 1 aromatic carbocycles. The first-order valence-corrected chi connectivity index (χ1v) is 9.21. The molecule has 0 aromatic heterocycles. The highest BCUT2D eigenvalue weighted by atomic mass is 32.2. The number of carbonyl (C=O) groups is 1. The van der Waals surface area contributed by atoms with E-state index in [0.29, 0.717) is 12.2 Å². The summed E-state index contributed by atoms with van der Waals surface area (Å²) in [5, 5.41) is 11.3. The fraction of sp³-hybridized carbons (Fsp3) is 0.533. The van der Waals surface area contributed by atoms with E-state index in [0.717, 1.165) is 32.4 Å². The lowest BCUT2D eigenvalue weighted by molar-refractivity contribution is -0.0194. The highest BCUT2D eigenvalue weighted by molar-refractivity contribution is 7.89. The topological polar surface area (TPSA) is 111 Å². The van der Waals surface area contributed by atoms with E-state index in [9.17, 15) is 13.2 Å². The summed E-state index contributed by atoms with van der Waals surface area (Å²) in [5.41, 5.74) is 0.296. The number of rotatable bonds is 3. The lowest BCUT2D eigenvalue weighted by Crippen LogP contribution is -2.43. The number of sulfonamides is 1. The number of carbonyl (C=O) groups excluding carboxylic acids is 1. The number of hydrogen-bond donors (Lipinski definition) is 3. The second-order valence-corrected chi connectivity index (χ2v) is 7.75. The zero-order chi connectivity index (χ0) is 16.5. The molecule has 1 unspecified atom stereocenters. The van der Waals surface area contributed by atoms with Crippen molar-refractivity contribution in [3.05, 3.63) is 29.8 Å². The highest BCUT2D eigenvalue weighted by Crippen LogP contribution is 2.33. The van der Waals surface area contributed by atoms with E-state index in [1.54, 1.807) is 0 Å². The Morgan fingerprint density at radius 3 is 2.52 bits per heavy atom. The van der Waals surface area contributed by atoms with Crippen LogP contribution in [0.2, 0.25) is 0 Å². The van der Waals surface area contributed by atoms with Crippen LogP contribution in [0.5, 0.6) is 0 Å². The normalized spacial score (nSPS) is 23.8. The molecule has 4 N–H and O–H groups in total. The molecule has 0 aliphatic carbocycles. The minimum absolute atomic E-state index is 0.00749. The smallest absolute Gasteiger partial charge is 0.251 e. The lowest BCUT2D eigenvalue weighted by Gasteiger charge is -2.32. The number of hydrogen-bond acceptors (Lipinski definition) is 5. The van der Waals surface area contributed by atoms with Crippen LogP contribution in [0.4, 0.5) is 0 Å². The number of benzene rings is 1. The van der Waals surface area contributed by atoms with Crippen LogP contribution in [0.15, 0.2) is 29.2 Å². The molecule has 2 heterocycles. The van der Waals surface area contributed by atoms with Crippen LogP contribution in [-0.4, -0.2) is 45.7 Å². The monoisotopic (exact) mass is 339 g/mol. The largest absolute Gasteiger partial charge is 0.373 e. The van der Waals surface area contributed by atoms with E-state index in [1.807, 2.05) is 0 Å². The van der Waals surface area contributed by atoms with E-state index < -0.39 is 10.0 Å².